The van der Waals surface area contributed by atoms with Crippen LogP contribution in [0.5, 0.6) is 0 Å². The van der Waals surface area contributed by atoms with Gasteiger partial charge in [-0.05, 0) is 31.2 Å². The lowest BCUT2D eigenvalue weighted by Gasteiger charge is -2.25. The first kappa shape index (κ1) is 14.5. The highest BCUT2D eigenvalue weighted by Gasteiger charge is 2.29. The van der Waals surface area contributed by atoms with Crippen molar-refractivity contribution < 1.29 is 23.9 Å². The van der Waals surface area contributed by atoms with E-state index in [1.807, 2.05) is 0 Å². The Balaban J connectivity index is 1.66. The van der Waals surface area contributed by atoms with Gasteiger partial charge in [-0.3, -0.25) is 9.59 Å². The van der Waals surface area contributed by atoms with Crippen molar-refractivity contribution >= 4 is 23.5 Å². The van der Waals surface area contributed by atoms with E-state index in [4.69, 9.17) is 9.47 Å². The van der Waals surface area contributed by atoms with Crippen LogP contribution in [-0.4, -0.2) is 37.6 Å². The summed E-state index contributed by atoms with van der Waals surface area (Å²) in [7, 11) is 0. The summed E-state index contributed by atoms with van der Waals surface area (Å²) in [6.07, 6.45) is 1.30. The Morgan fingerprint density at radius 1 is 1.27 bits per heavy atom. The number of rotatable bonds is 4. The zero-order valence-electron chi connectivity index (χ0n) is 12.1. The number of amides is 2. The average Bonchev–Trinajstić information content (AvgIpc) is 2.70. The number of benzene rings is 1. The Morgan fingerprint density at radius 2 is 1.95 bits per heavy atom. The molecule has 1 aromatic carbocycles. The van der Waals surface area contributed by atoms with Crippen LogP contribution in [0.2, 0.25) is 0 Å². The summed E-state index contributed by atoms with van der Waals surface area (Å²) in [5.74, 6) is -0.864. The molecule has 2 amide bonds. The maximum atomic E-state index is 11.9. The molecule has 0 N–H and O–H groups in total. The molecule has 1 fully saturated rings. The number of hydrogen-bond acceptors (Lipinski definition) is 5. The molecule has 6 heteroatoms. The fourth-order valence-electron chi connectivity index (χ4n) is 2.24. The van der Waals surface area contributed by atoms with E-state index in [-0.39, 0.29) is 17.7 Å². The van der Waals surface area contributed by atoms with Crippen molar-refractivity contribution in [1.29, 1.82) is 0 Å². The fourth-order valence-corrected chi connectivity index (χ4v) is 2.24. The van der Waals surface area contributed by atoms with Gasteiger partial charge in [-0.2, -0.15) is 0 Å². The molecular formula is C16H15NO5. The highest BCUT2D eigenvalue weighted by molar-refractivity contribution is 6.30. The zero-order chi connectivity index (χ0) is 15.7. The molecule has 0 atom stereocenters. The van der Waals surface area contributed by atoms with Crippen LogP contribution in [0.15, 0.2) is 35.9 Å². The molecule has 0 aromatic heterocycles. The molecule has 0 unspecified atom stereocenters. The lowest BCUT2D eigenvalue weighted by molar-refractivity contribution is -0.120. The summed E-state index contributed by atoms with van der Waals surface area (Å²) in [6, 6.07) is 6.21. The quantitative estimate of drug-likeness (QED) is 0.619. The number of imide groups is 1. The number of esters is 1. The van der Waals surface area contributed by atoms with Gasteiger partial charge in [0.05, 0.1) is 31.1 Å². The first-order valence-corrected chi connectivity index (χ1v) is 6.98. The van der Waals surface area contributed by atoms with Gasteiger partial charge in [0, 0.05) is 17.6 Å². The summed E-state index contributed by atoms with van der Waals surface area (Å²) >= 11 is 0. The second kappa shape index (κ2) is 5.73. The van der Waals surface area contributed by atoms with Crippen LogP contribution in [0.4, 0.5) is 5.69 Å². The Morgan fingerprint density at radius 3 is 2.45 bits per heavy atom. The van der Waals surface area contributed by atoms with Gasteiger partial charge >= 0.3 is 5.97 Å². The molecule has 3 rings (SSSR count). The van der Waals surface area contributed by atoms with E-state index in [0.717, 1.165) is 4.90 Å². The van der Waals surface area contributed by atoms with Gasteiger partial charge in [0.1, 0.15) is 0 Å². The number of ether oxygens (including phenoxy) is 2. The number of hydrogen-bond donors (Lipinski definition) is 0. The Kier molecular flexibility index (Phi) is 3.77. The number of carbonyl (C=O) groups is 3. The molecule has 2 aliphatic heterocycles. The van der Waals surface area contributed by atoms with Gasteiger partial charge < -0.3 is 9.47 Å². The lowest BCUT2D eigenvalue weighted by atomic mass is 10.1. The summed E-state index contributed by atoms with van der Waals surface area (Å²) in [5, 5.41) is 0. The van der Waals surface area contributed by atoms with E-state index in [9.17, 15) is 14.4 Å². The predicted octanol–water partition coefficient (Wildman–Crippen LogP) is 1.31. The van der Waals surface area contributed by atoms with Crippen molar-refractivity contribution in [1.82, 2.24) is 0 Å². The van der Waals surface area contributed by atoms with Crippen LogP contribution >= 0.6 is 0 Å². The molecule has 2 heterocycles. The minimum Gasteiger partial charge on any atom is -0.462 e. The van der Waals surface area contributed by atoms with Crippen LogP contribution < -0.4 is 4.90 Å². The molecule has 0 radical (unpaired) electrons. The van der Waals surface area contributed by atoms with Crippen LogP contribution in [-0.2, 0) is 19.1 Å². The molecule has 0 bridgehead atoms. The van der Waals surface area contributed by atoms with E-state index in [1.165, 1.54) is 6.08 Å². The van der Waals surface area contributed by atoms with Crippen molar-refractivity contribution in [2.45, 2.75) is 6.92 Å². The smallest absolute Gasteiger partial charge is 0.338 e. The first-order chi connectivity index (χ1) is 10.6. The SMILES string of the molecule is CC1=CC(=O)N(c2ccc(C(=O)OCC3COC3)cc2)C1=O. The Hall–Kier alpha value is -2.47. The van der Waals surface area contributed by atoms with Gasteiger partial charge in [-0.25, -0.2) is 9.69 Å². The summed E-state index contributed by atoms with van der Waals surface area (Å²) < 4.78 is 10.2. The molecule has 0 spiro atoms. The lowest BCUT2D eigenvalue weighted by Crippen LogP contribution is -2.32. The van der Waals surface area contributed by atoms with Crippen LogP contribution in [0.3, 0.4) is 0 Å². The van der Waals surface area contributed by atoms with Crippen LogP contribution in [0, 0.1) is 5.92 Å². The maximum absolute atomic E-state index is 11.9. The molecule has 1 saturated heterocycles. The van der Waals surface area contributed by atoms with Gasteiger partial charge in [0.25, 0.3) is 11.8 Å². The third-order valence-electron chi connectivity index (χ3n) is 3.62. The van der Waals surface area contributed by atoms with Crippen molar-refractivity contribution in [3.63, 3.8) is 0 Å². The normalized spacial score (nSPS) is 18.2. The minimum absolute atomic E-state index is 0.275. The fraction of sp³-hybridized carbons (Fsp3) is 0.312. The molecular weight excluding hydrogens is 286 g/mol. The van der Waals surface area contributed by atoms with Gasteiger partial charge in [0.2, 0.25) is 0 Å². The predicted molar refractivity (Wildman–Crippen MR) is 77.3 cm³/mol. The molecule has 0 aliphatic carbocycles. The second-order valence-corrected chi connectivity index (χ2v) is 5.35. The van der Waals surface area contributed by atoms with Crippen molar-refractivity contribution in [2.75, 3.05) is 24.7 Å². The third kappa shape index (κ3) is 2.65. The highest BCUT2D eigenvalue weighted by Crippen LogP contribution is 2.23. The Labute approximate surface area is 127 Å². The van der Waals surface area contributed by atoms with E-state index < -0.39 is 5.97 Å². The zero-order valence-corrected chi connectivity index (χ0v) is 12.1. The van der Waals surface area contributed by atoms with Crippen molar-refractivity contribution in [3.05, 3.63) is 41.5 Å². The number of carbonyl (C=O) groups excluding carboxylic acids is 3. The molecule has 2 aliphatic rings. The average molecular weight is 301 g/mol. The van der Waals surface area contributed by atoms with Crippen molar-refractivity contribution in [3.8, 4) is 0 Å². The first-order valence-electron chi connectivity index (χ1n) is 6.98. The molecule has 114 valence electrons. The third-order valence-corrected chi connectivity index (χ3v) is 3.62. The summed E-state index contributed by atoms with van der Waals surface area (Å²) in [4.78, 5) is 36.6. The van der Waals surface area contributed by atoms with E-state index in [1.54, 1.807) is 31.2 Å². The molecule has 0 saturated carbocycles. The molecule has 22 heavy (non-hydrogen) atoms. The van der Waals surface area contributed by atoms with Gasteiger partial charge in [0.15, 0.2) is 0 Å². The van der Waals surface area contributed by atoms with Gasteiger partial charge in [-0.15, -0.1) is 0 Å². The number of nitrogens with zero attached hydrogens (tertiary/aromatic N) is 1. The van der Waals surface area contributed by atoms with Gasteiger partial charge in [-0.1, -0.05) is 0 Å². The topological polar surface area (TPSA) is 72.9 Å². The highest BCUT2D eigenvalue weighted by atomic mass is 16.5. The second-order valence-electron chi connectivity index (χ2n) is 5.35. The summed E-state index contributed by atoms with van der Waals surface area (Å²) in [6.45, 7) is 3.18. The van der Waals surface area contributed by atoms with E-state index in [2.05, 4.69) is 0 Å². The standard InChI is InChI=1S/C16H15NO5/c1-10-6-14(18)17(15(10)19)13-4-2-12(3-5-13)16(20)22-9-11-7-21-8-11/h2-6,11H,7-9H2,1H3. The summed E-state index contributed by atoms with van der Waals surface area (Å²) in [5.41, 5.74) is 1.22. The minimum atomic E-state index is -0.424. The van der Waals surface area contributed by atoms with Crippen LogP contribution in [0.1, 0.15) is 17.3 Å². The van der Waals surface area contributed by atoms with E-state index >= 15 is 0 Å². The van der Waals surface area contributed by atoms with E-state index in [0.29, 0.717) is 36.6 Å². The largest absolute Gasteiger partial charge is 0.462 e. The van der Waals surface area contributed by atoms with Crippen LogP contribution in [0.25, 0.3) is 0 Å². The molecule has 1 aromatic rings. The Bertz CT molecular complexity index is 658. The van der Waals surface area contributed by atoms with Crippen molar-refractivity contribution in [2.24, 2.45) is 5.92 Å². The maximum Gasteiger partial charge on any atom is 0.338 e. The number of anilines is 1. The monoisotopic (exact) mass is 301 g/mol. The molecule has 6 nitrogen and oxygen atoms in total.